The van der Waals surface area contributed by atoms with Crippen LogP contribution in [0.4, 0.5) is 4.79 Å². The number of amides is 3. The summed E-state index contributed by atoms with van der Waals surface area (Å²) in [6, 6.07) is 0.325. The highest BCUT2D eigenvalue weighted by Crippen LogP contribution is 2.22. The Hall–Kier alpha value is -1.01. The number of hydrogen-bond acceptors (Lipinski definition) is 3. The van der Waals surface area contributed by atoms with E-state index in [1.165, 1.54) is 12.8 Å². The zero-order valence-electron chi connectivity index (χ0n) is 15.9. The van der Waals surface area contributed by atoms with Crippen LogP contribution in [-0.2, 0) is 4.79 Å². The summed E-state index contributed by atoms with van der Waals surface area (Å²) in [5.74, 6) is 0.0431. The van der Waals surface area contributed by atoms with Gasteiger partial charge < -0.3 is 20.9 Å². The summed E-state index contributed by atoms with van der Waals surface area (Å²) >= 11 is 0. The molecule has 3 amide bonds. The summed E-state index contributed by atoms with van der Waals surface area (Å²) in [6.07, 6.45) is 6.32. The molecular weight excluding hydrogens is 340 g/mol. The first-order chi connectivity index (χ1) is 11.3. The minimum atomic E-state index is -0.0911. The van der Waals surface area contributed by atoms with Crippen molar-refractivity contribution in [3.8, 4) is 0 Å². The summed E-state index contributed by atoms with van der Waals surface area (Å²) in [5, 5.41) is 3.13. The number of piperidine rings is 1. The maximum atomic E-state index is 12.7. The van der Waals surface area contributed by atoms with Gasteiger partial charge in [0.25, 0.3) is 0 Å². The lowest BCUT2D eigenvalue weighted by atomic mass is 9.91. The van der Waals surface area contributed by atoms with Crippen LogP contribution in [0.15, 0.2) is 0 Å². The molecule has 1 saturated heterocycles. The second-order valence-electron chi connectivity index (χ2n) is 8.28. The molecule has 0 spiro atoms. The van der Waals surface area contributed by atoms with Gasteiger partial charge in [0.15, 0.2) is 0 Å². The molecule has 0 aromatic heterocycles. The van der Waals surface area contributed by atoms with Gasteiger partial charge in [-0.25, -0.2) is 4.79 Å². The van der Waals surface area contributed by atoms with Crippen LogP contribution in [0.1, 0.15) is 52.4 Å². The van der Waals surface area contributed by atoms with Gasteiger partial charge >= 0.3 is 6.03 Å². The zero-order valence-corrected chi connectivity index (χ0v) is 16.7. The molecule has 0 aromatic rings. The van der Waals surface area contributed by atoms with E-state index in [0.29, 0.717) is 25.7 Å². The van der Waals surface area contributed by atoms with E-state index in [9.17, 15) is 9.59 Å². The van der Waals surface area contributed by atoms with Crippen molar-refractivity contribution < 1.29 is 9.59 Å². The number of hydrogen-bond donors (Lipinski definition) is 2. The van der Waals surface area contributed by atoms with Crippen molar-refractivity contribution in [2.45, 2.75) is 58.4 Å². The predicted octanol–water partition coefficient (Wildman–Crippen LogP) is 2.22. The number of nitrogens with zero attached hydrogens (tertiary/aromatic N) is 2. The van der Waals surface area contributed by atoms with E-state index >= 15 is 0 Å². The third-order valence-electron chi connectivity index (χ3n) is 5.33. The molecule has 1 aliphatic heterocycles. The molecule has 2 fully saturated rings. The monoisotopic (exact) mass is 374 g/mol. The van der Waals surface area contributed by atoms with E-state index in [2.05, 4.69) is 19.2 Å². The van der Waals surface area contributed by atoms with Gasteiger partial charge in [-0.05, 0) is 37.6 Å². The minimum Gasteiger partial charge on any atom is -0.345 e. The lowest BCUT2D eigenvalue weighted by Gasteiger charge is -2.36. The highest BCUT2D eigenvalue weighted by molar-refractivity contribution is 5.85. The van der Waals surface area contributed by atoms with E-state index in [4.69, 9.17) is 5.73 Å². The van der Waals surface area contributed by atoms with Crippen molar-refractivity contribution in [3.05, 3.63) is 0 Å². The maximum Gasteiger partial charge on any atom is 0.317 e. The van der Waals surface area contributed by atoms with Crippen LogP contribution in [0.25, 0.3) is 0 Å². The molecule has 0 radical (unpaired) electrons. The molecule has 25 heavy (non-hydrogen) atoms. The maximum absolute atomic E-state index is 12.7. The largest absolute Gasteiger partial charge is 0.345 e. The van der Waals surface area contributed by atoms with E-state index in [1.54, 1.807) is 4.90 Å². The van der Waals surface area contributed by atoms with Crippen molar-refractivity contribution in [2.24, 2.45) is 17.1 Å². The van der Waals surface area contributed by atoms with Gasteiger partial charge in [-0.3, -0.25) is 4.79 Å². The summed E-state index contributed by atoms with van der Waals surface area (Å²) in [6.45, 7) is 6.61. The number of rotatable bonds is 5. The van der Waals surface area contributed by atoms with Crippen LogP contribution in [0.3, 0.4) is 0 Å². The van der Waals surface area contributed by atoms with Crippen LogP contribution in [-0.4, -0.2) is 61.0 Å². The highest BCUT2D eigenvalue weighted by Gasteiger charge is 2.32. The number of carbonyl (C=O) groups excluding carboxylic acids is 2. The van der Waals surface area contributed by atoms with Gasteiger partial charge in [-0.15, -0.1) is 12.4 Å². The molecule has 6 nitrogen and oxygen atoms in total. The number of nitrogens with one attached hydrogen (secondary N) is 1. The van der Waals surface area contributed by atoms with Crippen molar-refractivity contribution in [1.82, 2.24) is 15.1 Å². The average Bonchev–Trinajstić information content (AvgIpc) is 3.06. The summed E-state index contributed by atoms with van der Waals surface area (Å²) in [5.41, 5.74) is 5.69. The minimum absolute atomic E-state index is 0. The van der Waals surface area contributed by atoms with Gasteiger partial charge in [0, 0.05) is 32.7 Å². The van der Waals surface area contributed by atoms with E-state index < -0.39 is 0 Å². The summed E-state index contributed by atoms with van der Waals surface area (Å²) in [7, 11) is 1.84. The molecule has 1 saturated carbocycles. The van der Waals surface area contributed by atoms with Gasteiger partial charge in [0.2, 0.25) is 5.91 Å². The molecule has 0 bridgehead atoms. The Morgan fingerprint density at radius 3 is 2.44 bits per heavy atom. The Balaban J connectivity index is 0.00000312. The van der Waals surface area contributed by atoms with Crippen molar-refractivity contribution in [2.75, 3.05) is 33.2 Å². The third kappa shape index (κ3) is 6.33. The van der Waals surface area contributed by atoms with E-state index in [0.717, 1.165) is 32.2 Å². The smallest absolute Gasteiger partial charge is 0.317 e. The molecule has 7 heteroatoms. The quantitative estimate of drug-likeness (QED) is 0.774. The van der Waals surface area contributed by atoms with E-state index in [-0.39, 0.29) is 35.7 Å². The first kappa shape index (κ1) is 22.0. The van der Waals surface area contributed by atoms with Crippen LogP contribution in [0, 0.1) is 11.3 Å². The lowest BCUT2D eigenvalue weighted by molar-refractivity contribution is -0.136. The second-order valence-corrected chi connectivity index (χ2v) is 8.28. The number of urea groups is 1. The molecular formula is C18H35ClN4O2. The fraction of sp³-hybridized carbons (Fsp3) is 0.889. The molecule has 2 rings (SSSR count). The lowest BCUT2D eigenvalue weighted by Crippen LogP contribution is -2.51. The summed E-state index contributed by atoms with van der Waals surface area (Å²) in [4.78, 5) is 28.8. The van der Waals surface area contributed by atoms with Crippen molar-refractivity contribution in [1.29, 1.82) is 0 Å². The number of likely N-dealkylation sites (tertiary alicyclic amines) is 1. The first-order valence-corrected chi connectivity index (χ1v) is 9.33. The van der Waals surface area contributed by atoms with Crippen LogP contribution in [0.2, 0.25) is 0 Å². The normalized spacial score (nSPS) is 21.6. The first-order valence-electron chi connectivity index (χ1n) is 9.33. The molecule has 146 valence electrons. The standard InChI is InChI=1S/C18H34N4O2.ClH/c1-18(2,12-19)13-21(3)16(23)14-7-6-10-22(11-14)17(24)20-15-8-4-5-9-15;/h14-15H,4-13,19H2,1-3H3,(H,20,24);1H. The summed E-state index contributed by atoms with van der Waals surface area (Å²) < 4.78 is 0. The predicted molar refractivity (Wildman–Crippen MR) is 103 cm³/mol. The van der Waals surface area contributed by atoms with E-state index in [1.807, 2.05) is 11.9 Å². The molecule has 1 unspecified atom stereocenters. The Kier molecular flexibility index (Phi) is 8.48. The molecule has 0 aromatic carbocycles. The number of nitrogens with two attached hydrogens (primary N) is 1. The SMILES string of the molecule is CN(CC(C)(C)CN)C(=O)C1CCCN(C(=O)NC2CCCC2)C1.Cl. The van der Waals surface area contributed by atoms with Crippen LogP contribution in [0.5, 0.6) is 0 Å². The Morgan fingerprint density at radius 2 is 1.84 bits per heavy atom. The highest BCUT2D eigenvalue weighted by atomic mass is 35.5. The topological polar surface area (TPSA) is 78.7 Å². The Bertz CT molecular complexity index is 452. The van der Waals surface area contributed by atoms with Crippen molar-refractivity contribution in [3.63, 3.8) is 0 Å². The fourth-order valence-corrected chi connectivity index (χ4v) is 3.80. The Morgan fingerprint density at radius 1 is 1.20 bits per heavy atom. The Labute approximate surface area is 158 Å². The van der Waals surface area contributed by atoms with Crippen LogP contribution >= 0.6 is 12.4 Å². The zero-order chi connectivity index (χ0) is 17.7. The fourth-order valence-electron chi connectivity index (χ4n) is 3.80. The molecule has 1 atom stereocenters. The molecule has 2 aliphatic rings. The van der Waals surface area contributed by atoms with Crippen molar-refractivity contribution >= 4 is 24.3 Å². The average molecular weight is 375 g/mol. The molecule has 3 N–H and O–H groups in total. The third-order valence-corrected chi connectivity index (χ3v) is 5.33. The van der Waals surface area contributed by atoms with Crippen LogP contribution < -0.4 is 11.1 Å². The van der Waals surface area contributed by atoms with Gasteiger partial charge in [0.05, 0.1) is 5.92 Å². The number of carbonyl (C=O) groups is 2. The second kappa shape index (κ2) is 9.62. The van der Waals surface area contributed by atoms with Gasteiger partial charge in [-0.2, -0.15) is 0 Å². The number of halogens is 1. The van der Waals surface area contributed by atoms with Gasteiger partial charge in [-0.1, -0.05) is 26.7 Å². The molecule has 1 heterocycles. The van der Waals surface area contributed by atoms with Gasteiger partial charge in [0.1, 0.15) is 0 Å². The molecule has 1 aliphatic carbocycles.